The van der Waals surface area contributed by atoms with Gasteiger partial charge in [-0.3, -0.25) is 9.59 Å². The summed E-state index contributed by atoms with van der Waals surface area (Å²) in [5.41, 5.74) is 7.01. The predicted octanol–water partition coefficient (Wildman–Crippen LogP) is 0.411. The van der Waals surface area contributed by atoms with Crippen molar-refractivity contribution in [2.75, 3.05) is 42.2 Å². The van der Waals surface area contributed by atoms with Crippen molar-refractivity contribution in [2.24, 2.45) is 5.73 Å². The Balaban J connectivity index is 1.50. The third-order valence-electron chi connectivity index (χ3n) is 5.36. The first-order chi connectivity index (χ1) is 15.9. The number of nitriles is 1. The lowest BCUT2D eigenvalue weighted by molar-refractivity contribution is -0.129. The highest BCUT2D eigenvalue weighted by Gasteiger charge is 2.27. The molecule has 0 bridgehead atoms. The highest BCUT2D eigenvalue weighted by Crippen LogP contribution is 2.31. The van der Waals surface area contributed by atoms with E-state index in [4.69, 9.17) is 15.7 Å². The number of aliphatic hydroxyl groups is 1. The fourth-order valence-corrected chi connectivity index (χ4v) is 3.68. The number of nitrogens with one attached hydrogen (secondary N) is 3. The van der Waals surface area contributed by atoms with Gasteiger partial charge in [0.25, 0.3) is 5.91 Å². The SMILES string of the molecule is N#CCC(=O)N1CCC(Nc2nc(Nc3ccc4c(c3)NC[C@H](O)CO4)ncc2C(N)=O)C1. The summed E-state index contributed by atoms with van der Waals surface area (Å²) < 4.78 is 5.56. The first kappa shape index (κ1) is 22.1. The maximum atomic E-state index is 12.0. The van der Waals surface area contributed by atoms with Crippen LogP contribution in [0.2, 0.25) is 0 Å². The quantitative estimate of drug-likeness (QED) is 0.412. The molecule has 12 heteroatoms. The van der Waals surface area contributed by atoms with Crippen LogP contribution in [0.1, 0.15) is 23.2 Å². The van der Waals surface area contributed by atoms with Gasteiger partial charge in [-0.2, -0.15) is 10.2 Å². The van der Waals surface area contributed by atoms with Crippen molar-refractivity contribution in [3.05, 3.63) is 30.0 Å². The minimum Gasteiger partial charge on any atom is -0.489 e. The molecular weight excluding hydrogens is 428 g/mol. The van der Waals surface area contributed by atoms with Crippen LogP contribution in [0.25, 0.3) is 0 Å². The van der Waals surface area contributed by atoms with Crippen LogP contribution < -0.4 is 26.4 Å². The van der Waals surface area contributed by atoms with Gasteiger partial charge in [0.15, 0.2) is 0 Å². The highest BCUT2D eigenvalue weighted by atomic mass is 16.5. The maximum Gasteiger partial charge on any atom is 0.254 e. The number of carbonyl (C=O) groups excluding carboxylic acids is 2. The van der Waals surface area contributed by atoms with Gasteiger partial charge in [-0.25, -0.2) is 4.98 Å². The van der Waals surface area contributed by atoms with Crippen LogP contribution in [0.3, 0.4) is 0 Å². The van der Waals surface area contributed by atoms with E-state index in [9.17, 15) is 14.7 Å². The van der Waals surface area contributed by atoms with Crippen molar-refractivity contribution in [3.63, 3.8) is 0 Å². The number of nitrogens with two attached hydrogens (primary N) is 1. The number of β-amino-alcohol motifs (C(OH)–C–C–N with tert-alkyl or cyclic N) is 1. The average Bonchev–Trinajstić information content (AvgIpc) is 3.17. The van der Waals surface area contributed by atoms with Crippen LogP contribution in [-0.2, 0) is 4.79 Å². The van der Waals surface area contributed by atoms with Crippen LogP contribution in [0, 0.1) is 11.3 Å². The molecule has 1 aromatic heterocycles. The molecule has 6 N–H and O–H groups in total. The molecular formula is C21H24N8O4. The molecule has 1 aromatic carbocycles. The Hall–Kier alpha value is -4.11. The zero-order valence-electron chi connectivity index (χ0n) is 17.7. The fourth-order valence-electron chi connectivity index (χ4n) is 3.68. The number of nitrogens with zero attached hydrogens (tertiary/aromatic N) is 4. The summed E-state index contributed by atoms with van der Waals surface area (Å²) in [7, 11) is 0. The third-order valence-corrected chi connectivity index (χ3v) is 5.36. The zero-order chi connectivity index (χ0) is 23.4. The number of hydrogen-bond acceptors (Lipinski definition) is 10. The topological polar surface area (TPSA) is 179 Å². The van der Waals surface area contributed by atoms with Gasteiger partial charge in [-0.05, 0) is 24.6 Å². The summed E-state index contributed by atoms with van der Waals surface area (Å²) in [6, 6.07) is 7.08. The molecule has 12 nitrogen and oxygen atoms in total. The second-order valence-electron chi connectivity index (χ2n) is 7.81. The molecule has 2 aliphatic heterocycles. The Bertz CT molecular complexity index is 1100. The number of hydrogen-bond donors (Lipinski definition) is 5. The lowest BCUT2D eigenvalue weighted by Gasteiger charge is -2.18. The number of fused-ring (bicyclic) bond motifs is 1. The van der Waals surface area contributed by atoms with E-state index in [0.717, 1.165) is 5.69 Å². The normalized spacial score (nSPS) is 19.3. The van der Waals surface area contributed by atoms with Gasteiger partial charge in [0, 0.05) is 37.6 Å². The van der Waals surface area contributed by atoms with E-state index in [1.54, 1.807) is 17.0 Å². The van der Waals surface area contributed by atoms with E-state index in [1.807, 2.05) is 12.1 Å². The van der Waals surface area contributed by atoms with Crippen LogP contribution in [0.4, 0.5) is 23.1 Å². The standard InChI is InChI=1S/C21H24N8O4/c22-5-3-18(31)29-6-4-13(10-29)26-20-15(19(23)32)9-25-21(28-20)27-12-1-2-17-16(7-12)24-8-14(30)11-33-17/h1-2,7,9,13-14,24,30H,3-4,6,8,10-11H2,(H2,23,32)(H2,25,26,27,28)/t13?,14-/m0/s1. The molecule has 2 aliphatic rings. The number of aliphatic hydroxyl groups excluding tert-OH is 1. The molecule has 1 fully saturated rings. The molecule has 2 amide bonds. The van der Waals surface area contributed by atoms with Crippen molar-refractivity contribution in [1.29, 1.82) is 5.26 Å². The van der Waals surface area contributed by atoms with E-state index < -0.39 is 12.0 Å². The minimum absolute atomic E-state index is 0.133. The Morgan fingerprint density at radius 1 is 1.42 bits per heavy atom. The summed E-state index contributed by atoms with van der Waals surface area (Å²) in [4.78, 5) is 34.0. The Morgan fingerprint density at radius 2 is 2.27 bits per heavy atom. The molecule has 0 spiro atoms. The summed E-state index contributed by atoms with van der Waals surface area (Å²) in [5, 5.41) is 27.9. The lowest BCUT2D eigenvalue weighted by Crippen LogP contribution is -2.32. The molecule has 0 aliphatic carbocycles. The van der Waals surface area contributed by atoms with Gasteiger partial charge in [-0.15, -0.1) is 0 Å². The lowest BCUT2D eigenvalue weighted by atomic mass is 10.2. The molecule has 2 atom stereocenters. The van der Waals surface area contributed by atoms with Gasteiger partial charge < -0.3 is 36.4 Å². The van der Waals surface area contributed by atoms with Gasteiger partial charge in [0.05, 0.1) is 17.3 Å². The third kappa shape index (κ3) is 5.21. The van der Waals surface area contributed by atoms with Crippen molar-refractivity contribution >= 4 is 35.0 Å². The Morgan fingerprint density at radius 3 is 3.06 bits per heavy atom. The molecule has 33 heavy (non-hydrogen) atoms. The van der Waals surface area contributed by atoms with Crippen LogP contribution in [-0.4, -0.2) is 70.2 Å². The van der Waals surface area contributed by atoms with E-state index in [2.05, 4.69) is 25.9 Å². The minimum atomic E-state index is -0.676. The molecule has 0 saturated carbocycles. The van der Waals surface area contributed by atoms with Gasteiger partial charge >= 0.3 is 0 Å². The predicted molar refractivity (Wildman–Crippen MR) is 119 cm³/mol. The number of ether oxygens (including phenoxy) is 1. The second-order valence-corrected chi connectivity index (χ2v) is 7.81. The number of aromatic nitrogens is 2. The van der Waals surface area contributed by atoms with Crippen LogP contribution in [0.5, 0.6) is 5.75 Å². The Kier molecular flexibility index (Phi) is 6.41. The summed E-state index contributed by atoms with van der Waals surface area (Å²) in [6.45, 7) is 1.48. The number of benzene rings is 1. The second kappa shape index (κ2) is 9.58. The average molecular weight is 452 g/mol. The Labute approximate surface area is 189 Å². The zero-order valence-corrected chi connectivity index (χ0v) is 17.7. The number of likely N-dealkylation sites (tertiary alicyclic amines) is 1. The van der Waals surface area contributed by atoms with Gasteiger partial charge in [0.2, 0.25) is 11.9 Å². The van der Waals surface area contributed by atoms with Crippen molar-refractivity contribution in [2.45, 2.75) is 25.0 Å². The molecule has 0 radical (unpaired) electrons. The monoisotopic (exact) mass is 452 g/mol. The van der Waals surface area contributed by atoms with E-state index in [0.29, 0.717) is 37.5 Å². The van der Waals surface area contributed by atoms with E-state index in [-0.39, 0.29) is 42.3 Å². The summed E-state index contributed by atoms with van der Waals surface area (Å²) in [6.07, 6.45) is 1.22. The van der Waals surface area contributed by atoms with Crippen molar-refractivity contribution in [3.8, 4) is 11.8 Å². The fraction of sp³-hybridized carbons (Fsp3) is 0.381. The number of primary amides is 1. The van der Waals surface area contributed by atoms with Crippen LogP contribution >= 0.6 is 0 Å². The number of rotatable bonds is 6. The van der Waals surface area contributed by atoms with Crippen molar-refractivity contribution in [1.82, 2.24) is 14.9 Å². The first-order valence-corrected chi connectivity index (χ1v) is 10.5. The molecule has 4 rings (SSSR count). The molecule has 2 aromatic rings. The highest BCUT2D eigenvalue weighted by molar-refractivity contribution is 5.97. The molecule has 1 unspecified atom stereocenters. The smallest absolute Gasteiger partial charge is 0.254 e. The van der Waals surface area contributed by atoms with Crippen LogP contribution in [0.15, 0.2) is 24.4 Å². The van der Waals surface area contributed by atoms with Crippen molar-refractivity contribution < 1.29 is 19.4 Å². The van der Waals surface area contributed by atoms with E-state index >= 15 is 0 Å². The first-order valence-electron chi connectivity index (χ1n) is 10.5. The summed E-state index contributed by atoms with van der Waals surface area (Å²) >= 11 is 0. The molecule has 3 heterocycles. The summed E-state index contributed by atoms with van der Waals surface area (Å²) in [5.74, 6) is 0.229. The van der Waals surface area contributed by atoms with E-state index in [1.165, 1.54) is 6.20 Å². The molecule has 1 saturated heterocycles. The van der Waals surface area contributed by atoms with Gasteiger partial charge in [0.1, 0.15) is 30.7 Å². The molecule has 172 valence electrons. The number of anilines is 4. The number of amides is 2. The van der Waals surface area contributed by atoms with Gasteiger partial charge in [-0.1, -0.05) is 0 Å². The largest absolute Gasteiger partial charge is 0.489 e. The maximum absolute atomic E-state index is 12.0. The number of carbonyl (C=O) groups is 2.